The zero-order valence-electron chi connectivity index (χ0n) is 10.7. The van der Waals surface area contributed by atoms with Gasteiger partial charge in [-0.25, -0.2) is 18.2 Å². The largest absolute Gasteiger partial charge is 0.338 e. The van der Waals surface area contributed by atoms with E-state index in [0.29, 0.717) is 5.52 Å². The van der Waals surface area contributed by atoms with Crippen LogP contribution in [0, 0.1) is 17.5 Å². The maximum absolute atomic E-state index is 13.7. The second-order valence-corrected chi connectivity index (χ2v) is 4.51. The number of rotatable bonds is 2. The standard InChI is InChI=1S/C15H11F3N2/c1-2-8-3-6-11-12(7-8)20-15(19-11)9-4-5-10(16)14(18)13(9)17/h3-7H,2H2,1H3,(H,19,20). The van der Waals surface area contributed by atoms with E-state index < -0.39 is 17.5 Å². The number of aromatic amines is 1. The minimum absolute atomic E-state index is 0.0850. The predicted molar refractivity (Wildman–Crippen MR) is 70.8 cm³/mol. The first kappa shape index (κ1) is 12.7. The van der Waals surface area contributed by atoms with E-state index in [1.165, 1.54) is 6.07 Å². The van der Waals surface area contributed by atoms with Gasteiger partial charge in [-0.2, -0.15) is 0 Å². The van der Waals surface area contributed by atoms with E-state index in [9.17, 15) is 13.2 Å². The predicted octanol–water partition coefficient (Wildman–Crippen LogP) is 4.21. The highest BCUT2D eigenvalue weighted by Gasteiger charge is 2.17. The summed E-state index contributed by atoms with van der Waals surface area (Å²) >= 11 is 0. The van der Waals surface area contributed by atoms with Gasteiger partial charge in [-0.1, -0.05) is 13.0 Å². The summed E-state index contributed by atoms with van der Waals surface area (Å²) in [6, 6.07) is 7.70. The number of aromatic nitrogens is 2. The van der Waals surface area contributed by atoms with Crippen LogP contribution in [0.25, 0.3) is 22.4 Å². The fourth-order valence-corrected chi connectivity index (χ4v) is 2.11. The van der Waals surface area contributed by atoms with Crippen LogP contribution in [-0.2, 0) is 6.42 Å². The van der Waals surface area contributed by atoms with Crippen LogP contribution in [0.3, 0.4) is 0 Å². The summed E-state index contributed by atoms with van der Waals surface area (Å²) in [6.07, 6.45) is 0.865. The minimum Gasteiger partial charge on any atom is -0.338 e. The van der Waals surface area contributed by atoms with Crippen LogP contribution >= 0.6 is 0 Å². The molecule has 3 aromatic rings. The van der Waals surface area contributed by atoms with Gasteiger partial charge < -0.3 is 4.98 Å². The lowest BCUT2D eigenvalue weighted by molar-refractivity contribution is 0.448. The van der Waals surface area contributed by atoms with E-state index >= 15 is 0 Å². The van der Waals surface area contributed by atoms with E-state index in [4.69, 9.17) is 0 Å². The zero-order valence-corrected chi connectivity index (χ0v) is 10.7. The molecule has 1 aromatic heterocycles. The Labute approximate surface area is 113 Å². The summed E-state index contributed by atoms with van der Waals surface area (Å²) < 4.78 is 39.9. The van der Waals surface area contributed by atoms with Gasteiger partial charge in [-0.05, 0) is 36.2 Å². The summed E-state index contributed by atoms with van der Waals surface area (Å²) in [5.74, 6) is -3.75. The molecule has 20 heavy (non-hydrogen) atoms. The summed E-state index contributed by atoms with van der Waals surface area (Å²) in [7, 11) is 0. The number of halogens is 3. The topological polar surface area (TPSA) is 28.7 Å². The zero-order chi connectivity index (χ0) is 14.3. The average Bonchev–Trinajstić information content (AvgIpc) is 2.87. The Kier molecular flexibility index (Phi) is 2.97. The van der Waals surface area contributed by atoms with Crippen molar-refractivity contribution in [2.45, 2.75) is 13.3 Å². The van der Waals surface area contributed by atoms with Crippen molar-refractivity contribution < 1.29 is 13.2 Å². The molecule has 0 radical (unpaired) electrons. The van der Waals surface area contributed by atoms with Gasteiger partial charge in [-0.3, -0.25) is 0 Å². The maximum Gasteiger partial charge on any atom is 0.195 e. The van der Waals surface area contributed by atoms with Crippen LogP contribution in [-0.4, -0.2) is 9.97 Å². The Morgan fingerprint density at radius 2 is 1.85 bits per heavy atom. The van der Waals surface area contributed by atoms with Gasteiger partial charge in [0.15, 0.2) is 17.5 Å². The van der Waals surface area contributed by atoms with Gasteiger partial charge in [-0.15, -0.1) is 0 Å². The number of hydrogen-bond acceptors (Lipinski definition) is 1. The SMILES string of the molecule is CCc1ccc2nc(-c3ccc(F)c(F)c3F)[nH]c2c1. The van der Waals surface area contributed by atoms with Crippen molar-refractivity contribution >= 4 is 11.0 Å². The summed E-state index contributed by atoms with van der Waals surface area (Å²) in [6.45, 7) is 2.02. The van der Waals surface area contributed by atoms with Crippen molar-refractivity contribution in [1.82, 2.24) is 9.97 Å². The average molecular weight is 276 g/mol. The second-order valence-electron chi connectivity index (χ2n) is 4.51. The molecule has 102 valence electrons. The second kappa shape index (κ2) is 4.67. The smallest absolute Gasteiger partial charge is 0.195 e. The van der Waals surface area contributed by atoms with Crippen LogP contribution in [0.1, 0.15) is 12.5 Å². The Bertz CT molecular complexity index is 793. The number of nitrogens with one attached hydrogen (secondary N) is 1. The minimum atomic E-state index is -1.49. The molecule has 1 heterocycles. The van der Waals surface area contributed by atoms with Crippen LogP contribution < -0.4 is 0 Å². The molecule has 0 amide bonds. The van der Waals surface area contributed by atoms with Gasteiger partial charge >= 0.3 is 0 Å². The molecular formula is C15H11F3N2. The molecular weight excluding hydrogens is 265 g/mol. The first-order chi connectivity index (χ1) is 9.60. The number of benzene rings is 2. The van der Waals surface area contributed by atoms with Crippen LogP contribution in [0.4, 0.5) is 13.2 Å². The third kappa shape index (κ3) is 1.95. The normalized spacial score (nSPS) is 11.2. The number of aryl methyl sites for hydroxylation is 1. The third-order valence-electron chi connectivity index (χ3n) is 3.24. The molecule has 0 aliphatic carbocycles. The van der Waals surface area contributed by atoms with Crippen molar-refractivity contribution in [1.29, 1.82) is 0 Å². The lowest BCUT2D eigenvalue weighted by atomic mass is 10.1. The molecule has 2 nitrogen and oxygen atoms in total. The van der Waals surface area contributed by atoms with Crippen LogP contribution in [0.15, 0.2) is 30.3 Å². The molecule has 1 N–H and O–H groups in total. The summed E-state index contributed by atoms with van der Waals surface area (Å²) in [4.78, 5) is 7.14. The van der Waals surface area contributed by atoms with Crippen LogP contribution in [0.5, 0.6) is 0 Å². The molecule has 0 bridgehead atoms. The molecule has 0 spiro atoms. The fraction of sp³-hybridized carbons (Fsp3) is 0.133. The highest BCUT2D eigenvalue weighted by atomic mass is 19.2. The molecule has 0 atom stereocenters. The van der Waals surface area contributed by atoms with Crippen LogP contribution in [0.2, 0.25) is 0 Å². The van der Waals surface area contributed by atoms with Crippen molar-refractivity contribution in [3.63, 3.8) is 0 Å². The number of fused-ring (bicyclic) bond motifs is 1. The van der Waals surface area contributed by atoms with E-state index in [1.807, 2.05) is 25.1 Å². The molecule has 0 fully saturated rings. The maximum atomic E-state index is 13.7. The molecule has 5 heteroatoms. The number of nitrogens with zero attached hydrogens (tertiary/aromatic N) is 1. The monoisotopic (exact) mass is 276 g/mol. The number of imidazole rings is 1. The van der Waals surface area contributed by atoms with E-state index in [1.54, 1.807) is 0 Å². The van der Waals surface area contributed by atoms with Crippen molar-refractivity contribution in [2.24, 2.45) is 0 Å². The Morgan fingerprint density at radius 1 is 1.05 bits per heavy atom. The highest BCUT2D eigenvalue weighted by Crippen LogP contribution is 2.26. The molecule has 3 rings (SSSR count). The Balaban J connectivity index is 2.17. The lowest BCUT2D eigenvalue weighted by Gasteiger charge is -2.00. The van der Waals surface area contributed by atoms with Gasteiger partial charge in [0.05, 0.1) is 16.6 Å². The first-order valence-electron chi connectivity index (χ1n) is 6.22. The molecule has 0 aliphatic rings. The highest BCUT2D eigenvalue weighted by molar-refractivity contribution is 5.80. The quantitative estimate of drug-likeness (QED) is 0.698. The summed E-state index contributed by atoms with van der Waals surface area (Å²) in [5, 5.41) is 0. The van der Waals surface area contributed by atoms with Crippen molar-refractivity contribution in [3.8, 4) is 11.4 Å². The molecule has 0 unspecified atom stereocenters. The van der Waals surface area contributed by atoms with Gasteiger partial charge in [0.25, 0.3) is 0 Å². The van der Waals surface area contributed by atoms with Gasteiger partial charge in [0.1, 0.15) is 5.82 Å². The van der Waals surface area contributed by atoms with Crippen molar-refractivity contribution in [2.75, 3.05) is 0 Å². The Morgan fingerprint density at radius 3 is 2.60 bits per heavy atom. The first-order valence-corrected chi connectivity index (χ1v) is 6.22. The molecule has 0 saturated heterocycles. The van der Waals surface area contributed by atoms with Gasteiger partial charge in [0, 0.05) is 0 Å². The van der Waals surface area contributed by atoms with E-state index in [-0.39, 0.29) is 11.4 Å². The molecule has 0 saturated carbocycles. The number of hydrogen-bond donors (Lipinski definition) is 1. The Hall–Kier alpha value is -2.30. The van der Waals surface area contributed by atoms with Crippen molar-refractivity contribution in [3.05, 3.63) is 53.3 Å². The fourth-order valence-electron chi connectivity index (χ4n) is 2.11. The third-order valence-corrected chi connectivity index (χ3v) is 3.24. The number of H-pyrrole nitrogens is 1. The van der Waals surface area contributed by atoms with Gasteiger partial charge in [0.2, 0.25) is 0 Å². The lowest BCUT2D eigenvalue weighted by Crippen LogP contribution is -1.94. The van der Waals surface area contributed by atoms with E-state index in [2.05, 4.69) is 9.97 Å². The summed E-state index contributed by atoms with van der Waals surface area (Å²) in [5.41, 5.74) is 2.42. The van der Waals surface area contributed by atoms with E-state index in [0.717, 1.165) is 23.6 Å². The molecule has 0 aliphatic heterocycles. The molecule has 2 aromatic carbocycles.